The maximum absolute atomic E-state index is 13.9. The van der Waals surface area contributed by atoms with Crippen LogP contribution < -0.4 is 15.8 Å². The van der Waals surface area contributed by atoms with Gasteiger partial charge in [0.25, 0.3) is 5.91 Å². The van der Waals surface area contributed by atoms with Gasteiger partial charge in [0.1, 0.15) is 18.2 Å². The van der Waals surface area contributed by atoms with E-state index in [2.05, 4.69) is 21.2 Å². The lowest BCUT2D eigenvalue weighted by atomic mass is 10.1. The molecule has 0 bridgehead atoms. The van der Waals surface area contributed by atoms with Crippen LogP contribution in [0.3, 0.4) is 0 Å². The predicted molar refractivity (Wildman–Crippen MR) is 108 cm³/mol. The highest BCUT2D eigenvalue weighted by atomic mass is 79.9. The second-order valence-corrected chi connectivity index (χ2v) is 6.78. The lowest BCUT2D eigenvalue weighted by molar-refractivity contribution is 0.0996. The minimum absolute atomic E-state index is 0.108. The van der Waals surface area contributed by atoms with Gasteiger partial charge in [-0.15, -0.1) is 0 Å². The second kappa shape index (κ2) is 8.67. The Labute approximate surface area is 169 Å². The lowest BCUT2D eigenvalue weighted by Gasteiger charge is -2.10. The number of benzene rings is 3. The number of anilines is 1. The van der Waals surface area contributed by atoms with Gasteiger partial charge >= 0.3 is 0 Å². The van der Waals surface area contributed by atoms with Crippen molar-refractivity contribution in [3.63, 3.8) is 0 Å². The molecular weight excluding hydrogens is 427 g/mol. The first-order valence-corrected chi connectivity index (χ1v) is 9.10. The highest BCUT2D eigenvalue weighted by Gasteiger charge is 2.12. The van der Waals surface area contributed by atoms with Crippen molar-refractivity contribution in [1.82, 2.24) is 0 Å². The van der Waals surface area contributed by atoms with E-state index in [1.54, 1.807) is 24.3 Å². The summed E-state index contributed by atoms with van der Waals surface area (Å²) in [6, 6.07) is 17.8. The van der Waals surface area contributed by atoms with Gasteiger partial charge in [0.05, 0.1) is 10.2 Å². The number of carbonyl (C=O) groups excluding carboxylic acids is 2. The van der Waals surface area contributed by atoms with Crippen LogP contribution in [0, 0.1) is 5.82 Å². The van der Waals surface area contributed by atoms with E-state index >= 15 is 0 Å². The van der Waals surface area contributed by atoms with Gasteiger partial charge in [0.2, 0.25) is 5.91 Å². The third-order valence-electron chi connectivity index (χ3n) is 3.95. The molecule has 0 unspecified atom stereocenters. The molecule has 3 aromatic carbocycles. The molecule has 0 fully saturated rings. The van der Waals surface area contributed by atoms with E-state index in [0.717, 1.165) is 16.1 Å². The summed E-state index contributed by atoms with van der Waals surface area (Å²) in [5.41, 5.74) is 6.39. The maximum atomic E-state index is 13.9. The molecule has 142 valence electrons. The minimum Gasteiger partial charge on any atom is -0.488 e. The average Bonchev–Trinajstić information content (AvgIpc) is 2.69. The van der Waals surface area contributed by atoms with E-state index in [0.29, 0.717) is 17.9 Å². The van der Waals surface area contributed by atoms with Crippen molar-refractivity contribution in [2.24, 2.45) is 5.73 Å². The summed E-state index contributed by atoms with van der Waals surface area (Å²) in [5.74, 6) is -1.14. The Balaban J connectivity index is 1.66. The maximum Gasteiger partial charge on any atom is 0.255 e. The molecule has 3 aromatic rings. The number of primary amides is 1. The summed E-state index contributed by atoms with van der Waals surface area (Å²) in [4.78, 5) is 23.6. The normalized spacial score (nSPS) is 10.4. The molecule has 0 atom stereocenters. The SMILES string of the molecule is NC(=O)c1ccc(F)c(NC(=O)c2ccc(COc3ccccc3Br)cc2)c1. The van der Waals surface area contributed by atoms with E-state index < -0.39 is 17.6 Å². The molecule has 3 rings (SSSR count). The third kappa shape index (κ3) is 4.75. The van der Waals surface area contributed by atoms with Crippen molar-refractivity contribution >= 4 is 33.4 Å². The summed E-state index contributed by atoms with van der Waals surface area (Å²) < 4.78 is 20.5. The number of amides is 2. The van der Waals surface area contributed by atoms with Crippen LogP contribution >= 0.6 is 15.9 Å². The predicted octanol–water partition coefficient (Wildman–Crippen LogP) is 4.52. The van der Waals surface area contributed by atoms with Crippen LogP contribution in [0.5, 0.6) is 5.75 Å². The Morgan fingerprint density at radius 2 is 1.68 bits per heavy atom. The molecule has 28 heavy (non-hydrogen) atoms. The molecule has 2 amide bonds. The Bertz CT molecular complexity index is 1020. The van der Waals surface area contributed by atoms with E-state index in [1.165, 1.54) is 12.1 Å². The monoisotopic (exact) mass is 442 g/mol. The molecule has 0 aliphatic heterocycles. The van der Waals surface area contributed by atoms with Crippen molar-refractivity contribution in [3.8, 4) is 5.75 Å². The first-order valence-electron chi connectivity index (χ1n) is 8.31. The van der Waals surface area contributed by atoms with E-state index in [1.807, 2.05) is 24.3 Å². The Morgan fingerprint density at radius 3 is 2.36 bits per heavy atom. The van der Waals surface area contributed by atoms with E-state index in [-0.39, 0.29) is 11.3 Å². The summed E-state index contributed by atoms with van der Waals surface area (Å²) in [6.07, 6.45) is 0. The molecule has 0 spiro atoms. The van der Waals surface area contributed by atoms with Gasteiger partial charge in [-0.3, -0.25) is 9.59 Å². The molecule has 0 aliphatic rings. The summed E-state index contributed by atoms with van der Waals surface area (Å²) in [6.45, 7) is 0.333. The largest absolute Gasteiger partial charge is 0.488 e. The Hall–Kier alpha value is -3.19. The fraction of sp³-hybridized carbons (Fsp3) is 0.0476. The van der Waals surface area contributed by atoms with Crippen LogP contribution in [0.4, 0.5) is 10.1 Å². The Kier molecular flexibility index (Phi) is 6.06. The standard InChI is InChI=1S/C21H16BrFN2O3/c22-16-3-1-2-4-19(16)28-12-13-5-7-14(8-6-13)21(27)25-18-11-15(20(24)26)9-10-17(18)23/h1-11H,12H2,(H2,24,26)(H,25,27). The van der Waals surface area contributed by atoms with Gasteiger partial charge in [-0.05, 0) is 64.0 Å². The van der Waals surface area contributed by atoms with Crippen molar-refractivity contribution in [3.05, 3.63) is 93.7 Å². The van der Waals surface area contributed by atoms with Crippen molar-refractivity contribution in [2.45, 2.75) is 6.61 Å². The fourth-order valence-corrected chi connectivity index (χ4v) is 2.84. The zero-order valence-electron chi connectivity index (χ0n) is 14.6. The molecule has 7 heteroatoms. The molecule has 0 aliphatic carbocycles. The number of halogens is 2. The second-order valence-electron chi connectivity index (χ2n) is 5.93. The van der Waals surface area contributed by atoms with Gasteiger partial charge in [0, 0.05) is 11.1 Å². The van der Waals surface area contributed by atoms with Gasteiger partial charge in [-0.25, -0.2) is 4.39 Å². The van der Waals surface area contributed by atoms with Gasteiger partial charge in [-0.2, -0.15) is 0 Å². The number of ether oxygens (including phenoxy) is 1. The molecule has 5 nitrogen and oxygen atoms in total. The first kappa shape index (κ1) is 19.6. The van der Waals surface area contributed by atoms with Crippen LogP contribution in [0.1, 0.15) is 26.3 Å². The number of hydrogen-bond donors (Lipinski definition) is 2. The van der Waals surface area contributed by atoms with Crippen molar-refractivity contribution < 1.29 is 18.7 Å². The van der Waals surface area contributed by atoms with Crippen LogP contribution in [-0.4, -0.2) is 11.8 Å². The number of nitrogens with one attached hydrogen (secondary N) is 1. The first-order chi connectivity index (χ1) is 13.4. The highest BCUT2D eigenvalue weighted by Crippen LogP contribution is 2.25. The van der Waals surface area contributed by atoms with Crippen LogP contribution in [0.25, 0.3) is 0 Å². The number of hydrogen-bond acceptors (Lipinski definition) is 3. The third-order valence-corrected chi connectivity index (χ3v) is 4.60. The molecular formula is C21H16BrFN2O3. The van der Waals surface area contributed by atoms with Crippen molar-refractivity contribution in [1.29, 1.82) is 0 Å². The highest BCUT2D eigenvalue weighted by molar-refractivity contribution is 9.10. The summed E-state index contributed by atoms with van der Waals surface area (Å²) in [7, 11) is 0. The molecule has 0 saturated carbocycles. The van der Waals surface area contributed by atoms with E-state index in [4.69, 9.17) is 10.5 Å². The Morgan fingerprint density at radius 1 is 1.00 bits per heavy atom. The van der Waals surface area contributed by atoms with Gasteiger partial charge in [0.15, 0.2) is 0 Å². The molecule has 0 heterocycles. The zero-order chi connectivity index (χ0) is 20.1. The smallest absolute Gasteiger partial charge is 0.255 e. The average molecular weight is 443 g/mol. The molecule has 0 radical (unpaired) electrons. The van der Waals surface area contributed by atoms with Crippen LogP contribution in [0.2, 0.25) is 0 Å². The van der Waals surface area contributed by atoms with Crippen LogP contribution in [0.15, 0.2) is 71.2 Å². The van der Waals surface area contributed by atoms with E-state index in [9.17, 15) is 14.0 Å². The minimum atomic E-state index is -0.704. The summed E-state index contributed by atoms with van der Waals surface area (Å²) >= 11 is 3.41. The number of rotatable bonds is 6. The van der Waals surface area contributed by atoms with Gasteiger partial charge in [-0.1, -0.05) is 24.3 Å². The number of nitrogens with two attached hydrogens (primary N) is 1. The summed E-state index contributed by atoms with van der Waals surface area (Å²) in [5, 5.41) is 2.45. The zero-order valence-corrected chi connectivity index (χ0v) is 16.2. The van der Waals surface area contributed by atoms with Gasteiger partial charge < -0.3 is 15.8 Å². The quantitative estimate of drug-likeness (QED) is 0.588. The van der Waals surface area contributed by atoms with Crippen molar-refractivity contribution in [2.75, 3.05) is 5.32 Å². The number of carbonyl (C=O) groups is 2. The topological polar surface area (TPSA) is 81.4 Å². The molecule has 3 N–H and O–H groups in total. The lowest BCUT2D eigenvalue weighted by Crippen LogP contribution is -2.15. The van der Waals surface area contributed by atoms with Crippen LogP contribution in [-0.2, 0) is 6.61 Å². The molecule has 0 aromatic heterocycles. The fourth-order valence-electron chi connectivity index (χ4n) is 2.44. The molecule has 0 saturated heterocycles. The number of para-hydroxylation sites is 1.